The second-order valence-electron chi connectivity index (χ2n) is 6.06. The minimum absolute atomic E-state index is 0.271. The third kappa shape index (κ3) is 6.35. The van der Waals surface area contributed by atoms with Crippen molar-refractivity contribution in [3.05, 3.63) is 34.3 Å². The average molecular weight is 328 g/mol. The van der Waals surface area contributed by atoms with Crippen molar-refractivity contribution in [1.29, 1.82) is 0 Å². The number of esters is 1. The Bertz CT molecular complexity index is 531. The first-order valence-corrected chi connectivity index (χ1v) is 7.32. The van der Waals surface area contributed by atoms with Crippen LogP contribution in [0.4, 0.5) is 4.79 Å². The lowest BCUT2D eigenvalue weighted by Crippen LogP contribution is -2.45. The summed E-state index contributed by atoms with van der Waals surface area (Å²) < 4.78 is 9.90. The van der Waals surface area contributed by atoms with Crippen molar-refractivity contribution >= 4 is 23.7 Å². The highest BCUT2D eigenvalue weighted by atomic mass is 35.5. The minimum Gasteiger partial charge on any atom is -0.467 e. The maximum atomic E-state index is 11.9. The zero-order valence-electron chi connectivity index (χ0n) is 13.5. The van der Waals surface area contributed by atoms with E-state index in [4.69, 9.17) is 21.1 Å². The van der Waals surface area contributed by atoms with E-state index in [2.05, 4.69) is 5.32 Å². The van der Waals surface area contributed by atoms with Gasteiger partial charge in [0.25, 0.3) is 0 Å². The lowest BCUT2D eigenvalue weighted by atomic mass is 10.0. The largest absolute Gasteiger partial charge is 0.467 e. The van der Waals surface area contributed by atoms with Crippen LogP contribution in [0.1, 0.15) is 31.9 Å². The fourth-order valence-corrected chi connectivity index (χ4v) is 2.26. The van der Waals surface area contributed by atoms with Crippen molar-refractivity contribution in [2.24, 2.45) is 0 Å². The van der Waals surface area contributed by atoms with Crippen LogP contribution in [0.15, 0.2) is 18.2 Å². The fourth-order valence-electron chi connectivity index (χ4n) is 1.95. The summed E-state index contributed by atoms with van der Waals surface area (Å²) in [7, 11) is 1.27. The van der Waals surface area contributed by atoms with Gasteiger partial charge in [0.2, 0.25) is 0 Å². The molecule has 1 aromatic rings. The summed E-state index contributed by atoms with van der Waals surface area (Å²) in [5, 5.41) is 3.11. The summed E-state index contributed by atoms with van der Waals surface area (Å²) in [4.78, 5) is 23.7. The molecule has 1 N–H and O–H groups in total. The molecular weight excluding hydrogens is 306 g/mol. The van der Waals surface area contributed by atoms with Crippen LogP contribution in [0.3, 0.4) is 0 Å². The summed E-state index contributed by atoms with van der Waals surface area (Å²) in [6, 6.07) is 4.64. The predicted molar refractivity (Wildman–Crippen MR) is 85.1 cm³/mol. The molecule has 0 saturated carbocycles. The van der Waals surface area contributed by atoms with Crippen LogP contribution < -0.4 is 5.32 Å². The number of carbonyl (C=O) groups is 2. The monoisotopic (exact) mass is 327 g/mol. The van der Waals surface area contributed by atoms with E-state index in [9.17, 15) is 9.59 Å². The number of benzene rings is 1. The molecule has 0 heterocycles. The molecule has 0 saturated heterocycles. The summed E-state index contributed by atoms with van der Waals surface area (Å²) >= 11 is 6.01. The molecule has 0 aromatic heterocycles. The number of carbonyl (C=O) groups excluding carboxylic acids is 2. The Morgan fingerprint density at radius 3 is 2.41 bits per heavy atom. The van der Waals surface area contributed by atoms with Gasteiger partial charge in [-0.3, -0.25) is 0 Å². The second kappa shape index (κ2) is 7.49. The third-order valence-electron chi connectivity index (χ3n) is 2.72. The number of nitrogens with one attached hydrogen (secondary N) is 1. The molecule has 1 amide bonds. The molecule has 22 heavy (non-hydrogen) atoms. The molecule has 0 aliphatic rings. The number of alkyl carbamates (subject to hydrolysis) is 1. The summed E-state index contributed by atoms with van der Waals surface area (Å²) in [5.74, 6) is -0.538. The topological polar surface area (TPSA) is 64.6 Å². The zero-order valence-corrected chi connectivity index (χ0v) is 14.3. The number of ether oxygens (including phenoxy) is 2. The molecule has 122 valence electrons. The van der Waals surface area contributed by atoms with Crippen molar-refractivity contribution in [1.82, 2.24) is 5.32 Å². The Morgan fingerprint density at radius 1 is 1.27 bits per heavy atom. The van der Waals surface area contributed by atoms with E-state index in [-0.39, 0.29) is 6.42 Å². The SMILES string of the molecule is COC(=O)[C@@H](Cc1cc(C)cc(Cl)c1)NC(=O)OC(C)(C)C. The zero-order chi connectivity index (χ0) is 16.9. The Labute approximate surface area is 135 Å². The quantitative estimate of drug-likeness (QED) is 0.862. The molecule has 0 aliphatic carbocycles. The van der Waals surface area contributed by atoms with Crippen LogP contribution in [0, 0.1) is 6.92 Å². The van der Waals surface area contributed by atoms with Gasteiger partial charge in [-0.25, -0.2) is 9.59 Å². The average Bonchev–Trinajstić information content (AvgIpc) is 2.33. The minimum atomic E-state index is -0.835. The van der Waals surface area contributed by atoms with Gasteiger partial charge in [0.05, 0.1) is 7.11 Å². The maximum absolute atomic E-state index is 11.9. The number of halogens is 1. The molecule has 1 atom stereocenters. The van der Waals surface area contributed by atoms with Crippen LogP contribution in [-0.4, -0.2) is 30.8 Å². The Kier molecular flexibility index (Phi) is 6.23. The Morgan fingerprint density at radius 2 is 1.91 bits per heavy atom. The van der Waals surface area contributed by atoms with E-state index in [1.807, 2.05) is 19.1 Å². The highest BCUT2D eigenvalue weighted by Crippen LogP contribution is 2.16. The predicted octanol–water partition coefficient (Wildman–Crippen LogP) is 3.26. The van der Waals surface area contributed by atoms with E-state index in [1.54, 1.807) is 26.8 Å². The normalized spacial score (nSPS) is 12.5. The highest BCUT2D eigenvalue weighted by molar-refractivity contribution is 6.30. The number of aryl methyl sites for hydroxylation is 1. The van der Waals surface area contributed by atoms with Crippen molar-refractivity contribution < 1.29 is 19.1 Å². The summed E-state index contributed by atoms with van der Waals surface area (Å²) in [6.45, 7) is 7.16. The van der Waals surface area contributed by atoms with Gasteiger partial charge >= 0.3 is 12.1 Å². The smallest absolute Gasteiger partial charge is 0.408 e. The lowest BCUT2D eigenvalue weighted by molar-refractivity contribution is -0.143. The van der Waals surface area contributed by atoms with Crippen molar-refractivity contribution in [3.8, 4) is 0 Å². The summed E-state index contributed by atoms with van der Waals surface area (Å²) in [5.41, 5.74) is 1.16. The number of methoxy groups -OCH3 is 1. The molecule has 6 heteroatoms. The van der Waals surface area contributed by atoms with Gasteiger partial charge in [-0.2, -0.15) is 0 Å². The van der Waals surface area contributed by atoms with E-state index in [0.717, 1.165) is 11.1 Å². The molecular formula is C16H22ClNO4. The first-order chi connectivity index (χ1) is 10.1. The number of rotatable bonds is 4. The van der Waals surface area contributed by atoms with E-state index in [1.165, 1.54) is 7.11 Å². The van der Waals surface area contributed by atoms with Crippen LogP contribution >= 0.6 is 11.6 Å². The first kappa shape index (κ1) is 18.3. The standard InChI is InChI=1S/C16H22ClNO4/c1-10-6-11(8-12(17)7-10)9-13(14(19)21-5)18-15(20)22-16(2,3)4/h6-8,13H,9H2,1-5H3,(H,18,20)/t13-/m1/s1. The molecule has 1 rings (SSSR count). The van der Waals surface area contributed by atoms with E-state index < -0.39 is 23.7 Å². The molecule has 0 aliphatic heterocycles. The maximum Gasteiger partial charge on any atom is 0.408 e. The number of hydrogen-bond acceptors (Lipinski definition) is 4. The second-order valence-corrected chi connectivity index (χ2v) is 6.50. The Hall–Kier alpha value is -1.75. The van der Waals surface area contributed by atoms with Crippen molar-refractivity contribution in [3.63, 3.8) is 0 Å². The van der Waals surface area contributed by atoms with Gasteiger partial charge in [0.15, 0.2) is 0 Å². The van der Waals surface area contributed by atoms with Crippen LogP contribution in [0.2, 0.25) is 5.02 Å². The van der Waals surface area contributed by atoms with Crippen LogP contribution in [-0.2, 0) is 20.7 Å². The molecule has 1 aromatic carbocycles. The molecule has 0 unspecified atom stereocenters. The lowest BCUT2D eigenvalue weighted by Gasteiger charge is -2.22. The van der Waals surface area contributed by atoms with Gasteiger partial charge in [0, 0.05) is 11.4 Å². The van der Waals surface area contributed by atoms with Gasteiger partial charge in [-0.1, -0.05) is 17.7 Å². The molecule has 5 nitrogen and oxygen atoms in total. The fraction of sp³-hybridized carbons (Fsp3) is 0.500. The highest BCUT2D eigenvalue weighted by Gasteiger charge is 2.25. The first-order valence-electron chi connectivity index (χ1n) is 6.94. The van der Waals surface area contributed by atoms with Crippen molar-refractivity contribution in [2.45, 2.75) is 45.8 Å². The number of amides is 1. The molecule has 0 radical (unpaired) electrons. The molecule has 0 spiro atoms. The van der Waals surface area contributed by atoms with E-state index in [0.29, 0.717) is 5.02 Å². The molecule has 0 bridgehead atoms. The van der Waals surface area contributed by atoms with Crippen molar-refractivity contribution in [2.75, 3.05) is 7.11 Å². The van der Waals surface area contributed by atoms with Gasteiger partial charge < -0.3 is 14.8 Å². The molecule has 0 fully saturated rings. The third-order valence-corrected chi connectivity index (χ3v) is 2.94. The van der Waals surface area contributed by atoms with Crippen LogP contribution in [0.25, 0.3) is 0 Å². The Balaban J connectivity index is 2.85. The summed E-state index contributed by atoms with van der Waals surface area (Å²) in [6.07, 6.45) is -0.394. The van der Waals surface area contributed by atoms with Gasteiger partial charge in [-0.15, -0.1) is 0 Å². The van der Waals surface area contributed by atoms with Gasteiger partial charge in [0.1, 0.15) is 11.6 Å². The van der Waals surface area contributed by atoms with Gasteiger partial charge in [-0.05, 0) is 51.0 Å². The van der Waals surface area contributed by atoms with Crippen LogP contribution in [0.5, 0.6) is 0 Å². The van der Waals surface area contributed by atoms with E-state index >= 15 is 0 Å². The number of hydrogen-bond donors (Lipinski definition) is 1.